The number of aromatic nitrogens is 2. The highest BCUT2D eigenvalue weighted by molar-refractivity contribution is 8.13. The number of hydrogen-bond donors (Lipinski definition) is 2. The van der Waals surface area contributed by atoms with Crippen LogP contribution in [-0.4, -0.2) is 48.1 Å². The lowest BCUT2D eigenvalue weighted by molar-refractivity contribution is -0.121. The van der Waals surface area contributed by atoms with Gasteiger partial charge < -0.3 is 14.0 Å². The van der Waals surface area contributed by atoms with Crippen LogP contribution in [0.1, 0.15) is 5.89 Å². The molecule has 1 amide bonds. The van der Waals surface area contributed by atoms with Crippen LogP contribution in [-0.2, 0) is 10.5 Å². The van der Waals surface area contributed by atoms with Gasteiger partial charge in [-0.15, -0.1) is 0 Å². The third-order valence-corrected chi connectivity index (χ3v) is 6.46. The molecule has 1 fully saturated rings. The topological polar surface area (TPSA) is 114 Å². The molecule has 0 aliphatic carbocycles. The van der Waals surface area contributed by atoms with Crippen LogP contribution in [0.5, 0.6) is 11.5 Å². The Kier molecular flexibility index (Phi) is 6.36. The van der Waals surface area contributed by atoms with E-state index in [1.807, 2.05) is 0 Å². The van der Waals surface area contributed by atoms with Crippen LogP contribution >= 0.6 is 11.8 Å². The van der Waals surface area contributed by atoms with E-state index in [0.29, 0.717) is 40.5 Å². The Morgan fingerprint density at radius 1 is 1.14 bits per heavy atom. The van der Waals surface area contributed by atoms with Gasteiger partial charge in [0.1, 0.15) is 6.17 Å². The van der Waals surface area contributed by atoms with Crippen molar-refractivity contribution in [3.8, 4) is 22.9 Å². The molecular formula is C22H20F2N6O4S. The van der Waals surface area contributed by atoms with Gasteiger partial charge in [0.15, 0.2) is 28.3 Å². The molecule has 1 aromatic heterocycles. The fourth-order valence-corrected chi connectivity index (χ4v) is 4.65. The number of methoxy groups -OCH3 is 2. The highest BCUT2D eigenvalue weighted by Crippen LogP contribution is 2.33. The minimum absolute atomic E-state index is 0.182. The molecule has 0 spiro atoms. The maximum absolute atomic E-state index is 13.9. The molecule has 0 radical (unpaired) electrons. The van der Waals surface area contributed by atoms with E-state index in [-0.39, 0.29) is 17.3 Å². The molecule has 3 heterocycles. The molecule has 3 aromatic rings. The minimum Gasteiger partial charge on any atom is -0.493 e. The van der Waals surface area contributed by atoms with Crippen LogP contribution < -0.4 is 25.2 Å². The van der Waals surface area contributed by atoms with Crippen molar-refractivity contribution in [1.29, 1.82) is 0 Å². The molecule has 35 heavy (non-hydrogen) atoms. The van der Waals surface area contributed by atoms with Gasteiger partial charge in [0, 0.05) is 18.2 Å². The molecule has 5 rings (SSSR count). The van der Waals surface area contributed by atoms with Crippen LogP contribution in [0.2, 0.25) is 0 Å². The zero-order chi connectivity index (χ0) is 24.5. The molecule has 2 N–H and O–H groups in total. The van der Waals surface area contributed by atoms with Crippen LogP contribution in [0, 0.1) is 17.6 Å². The van der Waals surface area contributed by atoms with E-state index >= 15 is 0 Å². The first-order valence-corrected chi connectivity index (χ1v) is 11.5. The molecule has 1 saturated heterocycles. The fraction of sp³-hybridized carbons (Fsp3) is 0.273. The summed E-state index contributed by atoms with van der Waals surface area (Å²) in [4.78, 5) is 23.5. The molecule has 2 unspecified atom stereocenters. The third-order valence-electron chi connectivity index (χ3n) is 5.53. The molecule has 10 nitrogen and oxygen atoms in total. The maximum atomic E-state index is 13.9. The lowest BCUT2D eigenvalue weighted by Gasteiger charge is -2.32. The number of carbonyl (C=O) groups excluding carboxylic acids is 1. The second-order valence-corrected chi connectivity index (χ2v) is 8.57. The van der Waals surface area contributed by atoms with Crippen LogP contribution in [0.15, 0.2) is 45.9 Å². The summed E-state index contributed by atoms with van der Waals surface area (Å²) in [5.41, 5.74) is 6.71. The van der Waals surface area contributed by atoms with E-state index in [1.165, 1.54) is 29.8 Å². The highest BCUT2D eigenvalue weighted by Gasteiger charge is 2.42. The fourth-order valence-electron chi connectivity index (χ4n) is 3.76. The summed E-state index contributed by atoms with van der Waals surface area (Å²) < 4.78 is 43.4. The van der Waals surface area contributed by atoms with E-state index < -0.39 is 23.7 Å². The number of amides is 1. The van der Waals surface area contributed by atoms with Gasteiger partial charge in [-0.2, -0.15) is 4.98 Å². The summed E-state index contributed by atoms with van der Waals surface area (Å²) in [6, 6.07) is 8.53. The summed E-state index contributed by atoms with van der Waals surface area (Å²) in [6.45, 7) is 0.365. The minimum atomic E-state index is -1.05. The first kappa shape index (κ1) is 23.2. The first-order valence-electron chi connectivity index (χ1n) is 10.5. The van der Waals surface area contributed by atoms with Crippen molar-refractivity contribution >= 4 is 28.5 Å². The molecule has 13 heteroatoms. The molecule has 2 aliphatic rings. The Labute approximate surface area is 202 Å². The molecule has 182 valence electrons. The number of ether oxygens (including phenoxy) is 2. The van der Waals surface area contributed by atoms with E-state index in [9.17, 15) is 13.6 Å². The number of aliphatic imine (C=N–C) groups is 1. The van der Waals surface area contributed by atoms with E-state index in [2.05, 4.69) is 26.0 Å². The Hall–Kier alpha value is -3.55. The first-order chi connectivity index (χ1) is 17.0. The summed E-state index contributed by atoms with van der Waals surface area (Å²) in [5, 5.41) is 4.31. The van der Waals surface area contributed by atoms with Gasteiger partial charge >= 0.3 is 0 Å². The van der Waals surface area contributed by atoms with Gasteiger partial charge in [0.05, 0.1) is 31.6 Å². The second kappa shape index (κ2) is 9.60. The average Bonchev–Trinajstić information content (AvgIpc) is 3.54. The van der Waals surface area contributed by atoms with Crippen molar-refractivity contribution in [2.75, 3.05) is 25.7 Å². The normalized spacial score (nSPS) is 19.5. The predicted molar refractivity (Wildman–Crippen MR) is 124 cm³/mol. The van der Waals surface area contributed by atoms with Crippen molar-refractivity contribution in [3.63, 3.8) is 0 Å². The number of thioether (sulfide) groups is 1. The third kappa shape index (κ3) is 4.45. The Morgan fingerprint density at radius 3 is 2.74 bits per heavy atom. The van der Waals surface area contributed by atoms with Gasteiger partial charge in [-0.05, 0) is 30.3 Å². The standard InChI is InChI=1S/C22H20F2N6O4S/c1-32-16-6-3-11(7-17(16)33-2)19-26-18(34-29-19)10-35-22-27-20-13(9-25-28-20)21(31)30(22)12-4-5-14(23)15(24)8-12/h3-8,13,20,25,28H,9-10H2,1-2H3. The number of rotatable bonds is 6. The SMILES string of the molecule is COc1ccc(-c2noc(CSC3=NC4NNCC4C(=O)N3c3ccc(F)c(F)c3)n2)cc1OC. The monoisotopic (exact) mass is 502 g/mol. The number of hydrogen-bond acceptors (Lipinski definition) is 10. The van der Waals surface area contributed by atoms with E-state index in [1.54, 1.807) is 25.3 Å². The zero-order valence-electron chi connectivity index (χ0n) is 18.6. The molecule has 0 bridgehead atoms. The predicted octanol–water partition coefficient (Wildman–Crippen LogP) is 2.72. The molecule has 2 atom stereocenters. The van der Waals surface area contributed by atoms with Gasteiger partial charge in [-0.1, -0.05) is 16.9 Å². The quantitative estimate of drug-likeness (QED) is 0.525. The van der Waals surface area contributed by atoms with Gasteiger partial charge in [-0.25, -0.2) is 19.2 Å². The molecule has 2 aliphatic heterocycles. The molecule has 2 aromatic carbocycles. The van der Waals surface area contributed by atoms with Crippen molar-refractivity contribution in [1.82, 2.24) is 21.0 Å². The number of fused-ring (bicyclic) bond motifs is 1. The van der Waals surface area contributed by atoms with Crippen LogP contribution in [0.3, 0.4) is 0 Å². The van der Waals surface area contributed by atoms with Gasteiger partial charge in [0.2, 0.25) is 17.6 Å². The van der Waals surface area contributed by atoms with Crippen molar-refractivity contribution in [3.05, 3.63) is 53.9 Å². The Morgan fingerprint density at radius 2 is 1.97 bits per heavy atom. The average molecular weight is 503 g/mol. The van der Waals surface area contributed by atoms with E-state index in [0.717, 1.165) is 12.1 Å². The number of hydrazine groups is 1. The lowest BCUT2D eigenvalue weighted by atomic mass is 10.0. The number of anilines is 1. The van der Waals surface area contributed by atoms with Crippen molar-refractivity contribution in [2.45, 2.75) is 11.9 Å². The summed E-state index contributed by atoms with van der Waals surface area (Å²) >= 11 is 1.17. The largest absolute Gasteiger partial charge is 0.493 e. The van der Waals surface area contributed by atoms with Gasteiger partial charge in [-0.3, -0.25) is 15.1 Å². The maximum Gasteiger partial charge on any atom is 0.241 e. The second-order valence-electron chi connectivity index (χ2n) is 7.63. The number of amidine groups is 1. The van der Waals surface area contributed by atoms with Crippen LogP contribution in [0.25, 0.3) is 11.4 Å². The number of nitrogens with one attached hydrogen (secondary N) is 2. The smallest absolute Gasteiger partial charge is 0.241 e. The number of halogens is 2. The Balaban J connectivity index is 1.38. The van der Waals surface area contributed by atoms with E-state index in [4.69, 9.17) is 14.0 Å². The summed E-state index contributed by atoms with van der Waals surface area (Å²) in [6.07, 6.45) is -0.475. The van der Waals surface area contributed by atoms with Crippen molar-refractivity contribution in [2.24, 2.45) is 10.9 Å². The Bertz CT molecular complexity index is 1300. The lowest BCUT2D eigenvalue weighted by Crippen LogP contribution is -2.49. The molecular weight excluding hydrogens is 482 g/mol. The van der Waals surface area contributed by atoms with Gasteiger partial charge in [0.25, 0.3) is 0 Å². The van der Waals surface area contributed by atoms with Crippen LogP contribution in [0.4, 0.5) is 14.5 Å². The summed E-state index contributed by atoms with van der Waals surface area (Å²) in [7, 11) is 3.08. The zero-order valence-corrected chi connectivity index (χ0v) is 19.4. The highest BCUT2D eigenvalue weighted by atomic mass is 32.2. The number of benzene rings is 2. The summed E-state index contributed by atoms with van der Waals surface area (Å²) in [5.74, 6) is -0.892. The van der Waals surface area contributed by atoms with Crippen molar-refractivity contribution < 1.29 is 27.6 Å². The molecule has 0 saturated carbocycles. The number of carbonyl (C=O) groups is 1. The number of nitrogens with zero attached hydrogens (tertiary/aromatic N) is 4.